The summed E-state index contributed by atoms with van der Waals surface area (Å²) in [6.07, 6.45) is 1.20. The van der Waals surface area contributed by atoms with Crippen molar-refractivity contribution in [3.05, 3.63) is 41.7 Å². The third-order valence-corrected chi connectivity index (χ3v) is 1.67. The SMILES string of the molecule is CC(=O)N/C(=C/C#N)c1ccc(F)cc1. The molecule has 0 saturated carbocycles. The number of hydrogen-bond donors (Lipinski definition) is 1. The lowest BCUT2D eigenvalue weighted by molar-refractivity contribution is -0.117. The summed E-state index contributed by atoms with van der Waals surface area (Å²) >= 11 is 0. The van der Waals surface area contributed by atoms with Gasteiger partial charge in [0, 0.05) is 13.0 Å². The summed E-state index contributed by atoms with van der Waals surface area (Å²) in [6, 6.07) is 7.34. The highest BCUT2D eigenvalue weighted by molar-refractivity contribution is 5.85. The normalized spacial score (nSPS) is 10.6. The molecule has 0 aliphatic heterocycles. The van der Waals surface area contributed by atoms with Gasteiger partial charge in [-0.3, -0.25) is 4.79 Å². The molecule has 0 aliphatic rings. The first kappa shape index (κ1) is 10.9. The van der Waals surface area contributed by atoms with E-state index >= 15 is 0 Å². The molecule has 15 heavy (non-hydrogen) atoms. The van der Waals surface area contributed by atoms with Crippen molar-refractivity contribution in [2.75, 3.05) is 0 Å². The zero-order chi connectivity index (χ0) is 11.3. The summed E-state index contributed by atoms with van der Waals surface area (Å²) in [5, 5.41) is 11.0. The van der Waals surface area contributed by atoms with Crippen LogP contribution in [0.15, 0.2) is 30.3 Å². The Hall–Kier alpha value is -2.15. The summed E-state index contributed by atoms with van der Waals surface area (Å²) in [6.45, 7) is 1.34. The number of hydrogen-bond acceptors (Lipinski definition) is 2. The first-order valence-electron chi connectivity index (χ1n) is 4.27. The summed E-state index contributed by atoms with van der Waals surface area (Å²) in [5.41, 5.74) is 0.957. The molecule has 1 aromatic carbocycles. The quantitative estimate of drug-likeness (QED) is 0.747. The molecule has 0 aliphatic carbocycles. The van der Waals surface area contributed by atoms with E-state index in [1.54, 1.807) is 0 Å². The average Bonchev–Trinajstić information content (AvgIpc) is 2.17. The fourth-order valence-corrected chi connectivity index (χ4v) is 1.08. The summed E-state index contributed by atoms with van der Waals surface area (Å²) < 4.78 is 12.6. The van der Waals surface area contributed by atoms with E-state index in [-0.39, 0.29) is 11.7 Å². The number of carbonyl (C=O) groups excluding carboxylic acids is 1. The molecule has 1 aromatic rings. The van der Waals surface area contributed by atoms with Gasteiger partial charge in [-0.25, -0.2) is 4.39 Å². The molecule has 0 unspecified atom stereocenters. The summed E-state index contributed by atoms with van der Waals surface area (Å²) in [5.74, 6) is -0.640. The standard InChI is InChI=1S/C11H9FN2O/c1-8(15)14-11(6-7-13)9-2-4-10(12)5-3-9/h2-6H,1H3,(H,14,15)/b11-6+. The van der Waals surface area contributed by atoms with E-state index in [0.717, 1.165) is 0 Å². The van der Waals surface area contributed by atoms with Crippen LogP contribution in [-0.2, 0) is 4.79 Å². The number of rotatable bonds is 2. The highest BCUT2D eigenvalue weighted by Crippen LogP contribution is 2.11. The van der Waals surface area contributed by atoms with Crippen molar-refractivity contribution >= 4 is 11.6 Å². The van der Waals surface area contributed by atoms with Crippen LogP contribution in [0, 0.1) is 17.1 Å². The van der Waals surface area contributed by atoms with Crippen molar-refractivity contribution in [1.29, 1.82) is 5.26 Å². The first-order chi connectivity index (χ1) is 7.13. The zero-order valence-corrected chi connectivity index (χ0v) is 8.12. The van der Waals surface area contributed by atoms with Gasteiger partial charge in [-0.2, -0.15) is 5.26 Å². The van der Waals surface area contributed by atoms with Crippen molar-refractivity contribution in [2.24, 2.45) is 0 Å². The molecule has 76 valence electrons. The van der Waals surface area contributed by atoms with Crippen LogP contribution in [0.25, 0.3) is 5.70 Å². The van der Waals surface area contributed by atoms with Crippen LogP contribution < -0.4 is 5.32 Å². The summed E-state index contributed by atoms with van der Waals surface area (Å²) in [4.78, 5) is 10.8. The molecule has 0 aromatic heterocycles. The maximum absolute atomic E-state index is 12.6. The Morgan fingerprint density at radius 1 is 1.47 bits per heavy atom. The second kappa shape index (κ2) is 4.91. The number of carbonyl (C=O) groups is 1. The van der Waals surface area contributed by atoms with Gasteiger partial charge in [-0.05, 0) is 29.8 Å². The van der Waals surface area contributed by atoms with E-state index in [2.05, 4.69) is 5.32 Å². The fraction of sp³-hybridized carbons (Fsp3) is 0.0909. The number of benzene rings is 1. The molecule has 0 spiro atoms. The number of halogens is 1. The Labute approximate surface area is 86.8 Å². The lowest BCUT2D eigenvalue weighted by Gasteiger charge is -2.06. The number of amides is 1. The lowest BCUT2D eigenvalue weighted by atomic mass is 10.1. The predicted molar refractivity (Wildman–Crippen MR) is 53.8 cm³/mol. The van der Waals surface area contributed by atoms with Gasteiger partial charge in [-0.1, -0.05) is 0 Å². The number of nitrogens with one attached hydrogen (secondary N) is 1. The topological polar surface area (TPSA) is 52.9 Å². The van der Waals surface area contributed by atoms with Crippen LogP contribution in [0.1, 0.15) is 12.5 Å². The van der Waals surface area contributed by atoms with E-state index < -0.39 is 0 Å². The Morgan fingerprint density at radius 3 is 2.53 bits per heavy atom. The van der Waals surface area contributed by atoms with E-state index in [1.807, 2.05) is 6.07 Å². The third-order valence-electron chi connectivity index (χ3n) is 1.67. The monoisotopic (exact) mass is 204 g/mol. The minimum absolute atomic E-state index is 0.277. The zero-order valence-electron chi connectivity index (χ0n) is 8.12. The van der Waals surface area contributed by atoms with Gasteiger partial charge < -0.3 is 5.32 Å². The molecule has 0 bridgehead atoms. The second-order valence-electron chi connectivity index (χ2n) is 2.88. The van der Waals surface area contributed by atoms with Crippen molar-refractivity contribution < 1.29 is 9.18 Å². The highest BCUT2D eigenvalue weighted by Gasteiger charge is 2.03. The minimum atomic E-state index is -0.363. The molecule has 1 N–H and O–H groups in total. The fourth-order valence-electron chi connectivity index (χ4n) is 1.08. The van der Waals surface area contributed by atoms with E-state index in [9.17, 15) is 9.18 Å². The van der Waals surface area contributed by atoms with Crippen LogP contribution in [0.5, 0.6) is 0 Å². The molecular formula is C11H9FN2O. The lowest BCUT2D eigenvalue weighted by Crippen LogP contribution is -2.17. The smallest absolute Gasteiger partial charge is 0.221 e. The number of nitrogens with zero attached hydrogens (tertiary/aromatic N) is 1. The van der Waals surface area contributed by atoms with Gasteiger partial charge >= 0.3 is 0 Å². The predicted octanol–water partition coefficient (Wildman–Crippen LogP) is 1.83. The van der Waals surface area contributed by atoms with Gasteiger partial charge in [0.1, 0.15) is 5.82 Å². The van der Waals surface area contributed by atoms with Gasteiger partial charge in [-0.15, -0.1) is 0 Å². The van der Waals surface area contributed by atoms with Crippen molar-refractivity contribution in [2.45, 2.75) is 6.92 Å². The van der Waals surface area contributed by atoms with Crippen molar-refractivity contribution in [1.82, 2.24) is 5.32 Å². The van der Waals surface area contributed by atoms with E-state index in [4.69, 9.17) is 5.26 Å². The largest absolute Gasteiger partial charge is 0.325 e. The minimum Gasteiger partial charge on any atom is -0.325 e. The van der Waals surface area contributed by atoms with E-state index in [0.29, 0.717) is 11.3 Å². The number of nitriles is 1. The first-order valence-corrected chi connectivity index (χ1v) is 4.27. The van der Waals surface area contributed by atoms with Gasteiger partial charge in [0.2, 0.25) is 5.91 Å². The Kier molecular flexibility index (Phi) is 3.58. The van der Waals surface area contributed by atoms with Crippen LogP contribution >= 0.6 is 0 Å². The molecule has 0 atom stereocenters. The molecule has 0 radical (unpaired) electrons. The van der Waals surface area contributed by atoms with Gasteiger partial charge in [0.25, 0.3) is 0 Å². The molecule has 4 heteroatoms. The van der Waals surface area contributed by atoms with Crippen molar-refractivity contribution in [3.63, 3.8) is 0 Å². The Balaban J connectivity index is 3.01. The van der Waals surface area contributed by atoms with Gasteiger partial charge in [0.15, 0.2) is 0 Å². The maximum Gasteiger partial charge on any atom is 0.221 e. The maximum atomic E-state index is 12.6. The molecule has 1 rings (SSSR count). The molecule has 3 nitrogen and oxygen atoms in total. The molecule has 0 heterocycles. The summed E-state index contributed by atoms with van der Waals surface area (Å²) in [7, 11) is 0. The third kappa shape index (κ3) is 3.24. The van der Waals surface area contributed by atoms with Crippen LogP contribution in [0.4, 0.5) is 4.39 Å². The Morgan fingerprint density at radius 2 is 2.07 bits per heavy atom. The molecule has 1 amide bonds. The Bertz CT molecular complexity index is 429. The second-order valence-corrected chi connectivity index (χ2v) is 2.88. The molecule has 0 fully saturated rings. The van der Waals surface area contributed by atoms with Crippen LogP contribution in [0.3, 0.4) is 0 Å². The van der Waals surface area contributed by atoms with Gasteiger partial charge in [0.05, 0.1) is 11.8 Å². The van der Waals surface area contributed by atoms with Crippen LogP contribution in [0.2, 0.25) is 0 Å². The van der Waals surface area contributed by atoms with Crippen molar-refractivity contribution in [3.8, 4) is 6.07 Å². The van der Waals surface area contributed by atoms with Crippen LogP contribution in [-0.4, -0.2) is 5.91 Å². The number of allylic oxidation sites excluding steroid dienone is 1. The molecular weight excluding hydrogens is 195 g/mol. The highest BCUT2D eigenvalue weighted by atomic mass is 19.1. The molecule has 0 saturated heterocycles. The average molecular weight is 204 g/mol. The van der Waals surface area contributed by atoms with E-state index in [1.165, 1.54) is 37.3 Å².